The third-order valence-corrected chi connectivity index (χ3v) is 4.35. The molecule has 0 aliphatic heterocycles. The topological polar surface area (TPSA) is 55.1 Å². The zero-order chi connectivity index (χ0) is 15.1. The number of halogens is 2. The molecular weight excluding hydrogens is 400 g/mol. The van der Waals surface area contributed by atoms with Gasteiger partial charge < -0.3 is 5.11 Å². The monoisotopic (exact) mass is 408 g/mol. The molecule has 0 spiro atoms. The molecule has 106 valence electrons. The van der Waals surface area contributed by atoms with Crippen LogP contribution in [0.25, 0.3) is 16.7 Å². The van der Waals surface area contributed by atoms with Gasteiger partial charge in [-0.1, -0.05) is 15.9 Å². The Balaban J connectivity index is 2.32. The largest absolute Gasteiger partial charge is 0.478 e. The van der Waals surface area contributed by atoms with Crippen LogP contribution in [0.3, 0.4) is 0 Å². The van der Waals surface area contributed by atoms with Crippen LogP contribution < -0.4 is 0 Å². The van der Waals surface area contributed by atoms with Crippen molar-refractivity contribution in [1.29, 1.82) is 0 Å². The van der Waals surface area contributed by atoms with E-state index >= 15 is 0 Å². The average Bonchev–Trinajstić information content (AvgIpc) is 2.74. The van der Waals surface area contributed by atoms with E-state index in [0.717, 1.165) is 31.5 Å². The number of benzene rings is 2. The molecule has 1 heterocycles. The van der Waals surface area contributed by atoms with Crippen LogP contribution in [0, 0.1) is 6.92 Å². The van der Waals surface area contributed by atoms with E-state index in [4.69, 9.17) is 5.11 Å². The van der Waals surface area contributed by atoms with Gasteiger partial charge in [-0.05, 0) is 59.3 Å². The Kier molecular flexibility index (Phi) is 3.59. The minimum Gasteiger partial charge on any atom is -0.478 e. The first-order chi connectivity index (χ1) is 9.97. The van der Waals surface area contributed by atoms with E-state index in [1.165, 1.54) is 0 Å². The minimum absolute atomic E-state index is 0.247. The van der Waals surface area contributed by atoms with E-state index in [9.17, 15) is 4.79 Å². The lowest BCUT2D eigenvalue weighted by atomic mass is 10.2. The lowest BCUT2D eigenvalue weighted by Gasteiger charge is -2.10. The van der Waals surface area contributed by atoms with Crippen LogP contribution in [0.15, 0.2) is 45.3 Å². The Morgan fingerprint density at radius 3 is 2.62 bits per heavy atom. The number of aromatic nitrogens is 2. The first-order valence-electron chi connectivity index (χ1n) is 6.15. The third kappa shape index (κ3) is 2.49. The fourth-order valence-electron chi connectivity index (χ4n) is 2.30. The van der Waals surface area contributed by atoms with Crippen molar-refractivity contribution < 1.29 is 9.90 Å². The summed E-state index contributed by atoms with van der Waals surface area (Å²) in [5.74, 6) is -0.146. The highest BCUT2D eigenvalue weighted by molar-refractivity contribution is 9.11. The molecule has 21 heavy (non-hydrogen) atoms. The molecule has 1 N–H and O–H groups in total. The summed E-state index contributed by atoms with van der Waals surface area (Å²) >= 11 is 6.97. The van der Waals surface area contributed by atoms with Crippen LogP contribution in [0.2, 0.25) is 0 Å². The fourth-order valence-corrected chi connectivity index (χ4v) is 3.52. The average molecular weight is 410 g/mol. The summed E-state index contributed by atoms with van der Waals surface area (Å²) in [6, 6.07) is 10.8. The van der Waals surface area contributed by atoms with Crippen LogP contribution in [0.5, 0.6) is 0 Å². The van der Waals surface area contributed by atoms with Crippen molar-refractivity contribution >= 4 is 48.9 Å². The van der Waals surface area contributed by atoms with E-state index in [-0.39, 0.29) is 5.56 Å². The highest BCUT2D eigenvalue weighted by Gasteiger charge is 2.14. The molecule has 2 aromatic carbocycles. The molecule has 0 amide bonds. The maximum Gasteiger partial charge on any atom is 0.335 e. The Morgan fingerprint density at radius 1 is 1.19 bits per heavy atom. The Bertz CT molecular complexity index is 871. The van der Waals surface area contributed by atoms with Gasteiger partial charge in [0.2, 0.25) is 0 Å². The number of hydrogen-bond donors (Lipinski definition) is 1. The molecular formula is C15H10Br2N2O2. The Hall–Kier alpha value is -1.66. The fraction of sp³-hybridized carbons (Fsp3) is 0.0667. The van der Waals surface area contributed by atoms with Gasteiger partial charge in [-0.3, -0.25) is 4.57 Å². The van der Waals surface area contributed by atoms with Gasteiger partial charge in [0.1, 0.15) is 5.82 Å². The maximum atomic E-state index is 11.2. The third-order valence-electron chi connectivity index (χ3n) is 3.22. The van der Waals surface area contributed by atoms with E-state index < -0.39 is 5.97 Å². The predicted molar refractivity (Wildman–Crippen MR) is 88.2 cm³/mol. The zero-order valence-electron chi connectivity index (χ0n) is 11.0. The van der Waals surface area contributed by atoms with Crippen molar-refractivity contribution in [3.63, 3.8) is 0 Å². The zero-order valence-corrected chi connectivity index (χ0v) is 14.1. The minimum atomic E-state index is -0.947. The number of rotatable bonds is 2. The number of carboxylic acid groups (broad SMARTS) is 1. The molecule has 0 aliphatic rings. The van der Waals surface area contributed by atoms with Crippen LogP contribution in [0.4, 0.5) is 0 Å². The van der Waals surface area contributed by atoms with E-state index in [1.807, 2.05) is 29.7 Å². The summed E-state index contributed by atoms with van der Waals surface area (Å²) in [5, 5.41) is 9.16. The van der Waals surface area contributed by atoms with Gasteiger partial charge in [0.05, 0.1) is 22.3 Å². The molecule has 3 rings (SSSR count). The number of nitrogens with zero attached hydrogens (tertiary/aromatic N) is 2. The van der Waals surface area contributed by atoms with Gasteiger partial charge in [-0.2, -0.15) is 0 Å². The number of carbonyl (C=O) groups is 1. The molecule has 0 atom stereocenters. The molecule has 0 fully saturated rings. The SMILES string of the molecule is Cc1nc2ccc(C(=O)O)cc2n1-c1ccc(Br)cc1Br. The van der Waals surface area contributed by atoms with Gasteiger partial charge in [0.25, 0.3) is 0 Å². The van der Waals surface area contributed by atoms with Crippen LogP contribution in [0.1, 0.15) is 16.2 Å². The molecule has 0 bridgehead atoms. The van der Waals surface area contributed by atoms with Gasteiger partial charge in [0, 0.05) is 8.95 Å². The number of fused-ring (bicyclic) bond motifs is 1. The smallest absolute Gasteiger partial charge is 0.335 e. The Labute approximate surface area is 137 Å². The summed E-state index contributed by atoms with van der Waals surface area (Å²) in [5.41, 5.74) is 2.71. The molecule has 6 heteroatoms. The molecule has 0 saturated carbocycles. The Morgan fingerprint density at radius 2 is 1.95 bits per heavy atom. The first kappa shape index (κ1) is 14.3. The van der Waals surface area contributed by atoms with Gasteiger partial charge >= 0.3 is 5.97 Å². The van der Waals surface area contributed by atoms with Crippen molar-refractivity contribution in [3.05, 3.63) is 56.7 Å². The standard InChI is InChI=1S/C15H10Br2N2O2/c1-8-18-12-4-2-9(15(20)21)6-14(12)19(8)13-5-3-10(16)7-11(13)17/h2-7H,1H3,(H,20,21). The van der Waals surface area contributed by atoms with Crippen molar-refractivity contribution in [2.45, 2.75) is 6.92 Å². The van der Waals surface area contributed by atoms with E-state index in [1.54, 1.807) is 18.2 Å². The van der Waals surface area contributed by atoms with Crippen LogP contribution in [-0.2, 0) is 0 Å². The molecule has 0 aliphatic carbocycles. The van der Waals surface area contributed by atoms with Gasteiger partial charge in [-0.25, -0.2) is 9.78 Å². The molecule has 4 nitrogen and oxygen atoms in total. The number of carboxylic acids is 1. The van der Waals surface area contributed by atoms with Gasteiger partial charge in [0.15, 0.2) is 0 Å². The molecule has 3 aromatic rings. The maximum absolute atomic E-state index is 11.2. The quantitative estimate of drug-likeness (QED) is 0.675. The highest BCUT2D eigenvalue weighted by Crippen LogP contribution is 2.29. The van der Waals surface area contributed by atoms with E-state index in [0.29, 0.717) is 0 Å². The number of aromatic carboxylic acids is 1. The summed E-state index contributed by atoms with van der Waals surface area (Å²) in [6.45, 7) is 1.90. The number of hydrogen-bond acceptors (Lipinski definition) is 2. The summed E-state index contributed by atoms with van der Waals surface area (Å²) < 4.78 is 3.81. The second-order valence-corrected chi connectivity index (χ2v) is 6.37. The lowest BCUT2D eigenvalue weighted by Crippen LogP contribution is -2.00. The van der Waals surface area contributed by atoms with Crippen molar-refractivity contribution in [1.82, 2.24) is 9.55 Å². The number of imidazole rings is 1. The molecule has 0 unspecified atom stereocenters. The molecule has 0 saturated heterocycles. The summed E-state index contributed by atoms with van der Waals surface area (Å²) in [7, 11) is 0. The van der Waals surface area contributed by atoms with Crippen molar-refractivity contribution in [2.24, 2.45) is 0 Å². The van der Waals surface area contributed by atoms with Crippen molar-refractivity contribution in [2.75, 3.05) is 0 Å². The summed E-state index contributed by atoms with van der Waals surface area (Å²) in [4.78, 5) is 15.7. The molecule has 0 radical (unpaired) electrons. The van der Waals surface area contributed by atoms with Gasteiger partial charge in [-0.15, -0.1) is 0 Å². The second kappa shape index (κ2) is 5.27. The van der Waals surface area contributed by atoms with E-state index in [2.05, 4.69) is 36.8 Å². The first-order valence-corrected chi connectivity index (χ1v) is 7.74. The second-order valence-electron chi connectivity index (χ2n) is 4.60. The normalized spacial score (nSPS) is 11.0. The van der Waals surface area contributed by atoms with Crippen LogP contribution in [-0.4, -0.2) is 20.6 Å². The van der Waals surface area contributed by atoms with Crippen LogP contribution >= 0.6 is 31.9 Å². The highest BCUT2D eigenvalue weighted by atomic mass is 79.9. The molecule has 1 aromatic heterocycles. The number of aryl methyl sites for hydroxylation is 1. The summed E-state index contributed by atoms with van der Waals surface area (Å²) in [6.07, 6.45) is 0. The lowest BCUT2D eigenvalue weighted by molar-refractivity contribution is 0.0697. The predicted octanol–water partition coefficient (Wildman–Crippen LogP) is 4.56. The van der Waals surface area contributed by atoms with Crippen molar-refractivity contribution in [3.8, 4) is 5.69 Å².